The van der Waals surface area contributed by atoms with Crippen molar-refractivity contribution < 1.29 is 4.79 Å². The zero-order valence-corrected chi connectivity index (χ0v) is 16.6. The number of halogens is 1. The second kappa shape index (κ2) is 7.68. The lowest BCUT2D eigenvalue weighted by molar-refractivity contribution is -0.116. The van der Waals surface area contributed by atoms with E-state index in [1.165, 1.54) is 5.56 Å². The average Bonchev–Trinajstić information content (AvgIpc) is 2.94. The summed E-state index contributed by atoms with van der Waals surface area (Å²) in [6.45, 7) is 6.55. The van der Waals surface area contributed by atoms with E-state index in [1.807, 2.05) is 42.5 Å². The van der Waals surface area contributed by atoms with Gasteiger partial charge in [-0.2, -0.15) is 5.10 Å². The molecule has 26 heavy (non-hydrogen) atoms. The number of carbonyl (C=O) groups excluding carboxylic acids is 1. The van der Waals surface area contributed by atoms with Gasteiger partial charge in [-0.1, -0.05) is 56.6 Å². The maximum atomic E-state index is 12.2. The van der Waals surface area contributed by atoms with Crippen molar-refractivity contribution in [2.45, 2.75) is 31.1 Å². The van der Waals surface area contributed by atoms with E-state index in [4.69, 9.17) is 11.6 Å². The summed E-state index contributed by atoms with van der Waals surface area (Å²) in [6, 6.07) is 16.0. The monoisotopic (exact) mass is 384 g/mol. The van der Waals surface area contributed by atoms with Gasteiger partial charge in [-0.3, -0.25) is 4.79 Å². The molecule has 5 heteroatoms. The summed E-state index contributed by atoms with van der Waals surface area (Å²) >= 11 is 7.54. The second-order valence-corrected chi connectivity index (χ2v) is 8.66. The zero-order valence-electron chi connectivity index (χ0n) is 15.0. The molecular formula is C21H21ClN2OS. The van der Waals surface area contributed by atoms with E-state index in [2.05, 4.69) is 43.4 Å². The van der Waals surface area contributed by atoms with Crippen LogP contribution in [0.4, 0.5) is 0 Å². The van der Waals surface area contributed by atoms with Gasteiger partial charge in [0.1, 0.15) is 0 Å². The van der Waals surface area contributed by atoms with Crippen molar-refractivity contribution in [1.29, 1.82) is 0 Å². The van der Waals surface area contributed by atoms with Crippen molar-refractivity contribution in [2.75, 3.05) is 5.75 Å². The molecule has 3 nitrogen and oxygen atoms in total. The molecule has 0 saturated heterocycles. The van der Waals surface area contributed by atoms with Crippen molar-refractivity contribution in [3.63, 3.8) is 0 Å². The highest BCUT2D eigenvalue weighted by atomic mass is 35.5. The van der Waals surface area contributed by atoms with Gasteiger partial charge in [0.15, 0.2) is 0 Å². The largest absolute Gasteiger partial charge is 0.273 e. The molecule has 1 aliphatic heterocycles. The van der Waals surface area contributed by atoms with E-state index < -0.39 is 0 Å². The van der Waals surface area contributed by atoms with Crippen LogP contribution in [-0.4, -0.2) is 17.4 Å². The average molecular weight is 385 g/mol. The highest BCUT2D eigenvalue weighted by Gasteiger charge is 2.22. The zero-order chi connectivity index (χ0) is 18.7. The fourth-order valence-corrected chi connectivity index (χ4v) is 3.54. The number of thioether (sulfide) groups is 1. The molecule has 3 rings (SSSR count). The molecule has 0 fully saturated rings. The van der Waals surface area contributed by atoms with Crippen LogP contribution in [0.25, 0.3) is 6.08 Å². The molecule has 2 aromatic carbocycles. The summed E-state index contributed by atoms with van der Waals surface area (Å²) in [6.07, 6.45) is 1.90. The van der Waals surface area contributed by atoms with Crippen molar-refractivity contribution in [3.8, 4) is 0 Å². The Kier molecular flexibility index (Phi) is 5.54. The highest BCUT2D eigenvalue weighted by Crippen LogP contribution is 2.25. The summed E-state index contributed by atoms with van der Waals surface area (Å²) in [5.41, 5.74) is 6.32. The normalized spacial score (nSPS) is 15.9. The molecule has 134 valence electrons. The molecule has 1 heterocycles. The molecule has 1 N–H and O–H groups in total. The minimum absolute atomic E-state index is 0.109. The van der Waals surface area contributed by atoms with Crippen LogP contribution in [0.3, 0.4) is 0 Å². The van der Waals surface area contributed by atoms with Crippen LogP contribution in [0, 0.1) is 0 Å². The Morgan fingerprint density at radius 3 is 2.35 bits per heavy atom. The number of hydrogen-bond acceptors (Lipinski definition) is 3. The fraction of sp³-hybridized carbons (Fsp3) is 0.238. The van der Waals surface area contributed by atoms with Gasteiger partial charge in [-0.15, -0.1) is 11.8 Å². The third-order valence-electron chi connectivity index (χ3n) is 4.12. The Bertz CT molecular complexity index is 862. The first-order valence-corrected chi connectivity index (χ1v) is 9.77. The molecular weight excluding hydrogens is 364 g/mol. The molecule has 0 aliphatic carbocycles. The lowest BCUT2D eigenvalue weighted by Gasteiger charge is -2.18. The molecule has 0 unspecified atom stereocenters. The van der Waals surface area contributed by atoms with Crippen molar-refractivity contribution >= 4 is 41.1 Å². The summed E-state index contributed by atoms with van der Waals surface area (Å²) in [5.74, 6) is 0.461. The number of carbonyl (C=O) groups is 1. The smallest absolute Gasteiger partial charge is 0.267 e. The quantitative estimate of drug-likeness (QED) is 0.574. The van der Waals surface area contributed by atoms with Gasteiger partial charge in [-0.25, -0.2) is 5.43 Å². The van der Waals surface area contributed by atoms with Crippen LogP contribution in [0.1, 0.15) is 31.9 Å². The topological polar surface area (TPSA) is 41.5 Å². The molecule has 2 aromatic rings. The number of nitrogens with zero attached hydrogens (tertiary/aromatic N) is 1. The van der Waals surface area contributed by atoms with Gasteiger partial charge >= 0.3 is 0 Å². The Labute approximate surface area is 163 Å². The summed E-state index contributed by atoms with van der Waals surface area (Å²) in [7, 11) is 0. The van der Waals surface area contributed by atoms with Gasteiger partial charge in [0.2, 0.25) is 0 Å². The van der Waals surface area contributed by atoms with Crippen molar-refractivity contribution in [2.24, 2.45) is 5.10 Å². The Balaban J connectivity index is 1.74. The first-order valence-electron chi connectivity index (χ1n) is 8.41. The van der Waals surface area contributed by atoms with Gasteiger partial charge in [0.05, 0.1) is 11.3 Å². The van der Waals surface area contributed by atoms with Crippen LogP contribution in [0.15, 0.2) is 64.1 Å². The number of amides is 1. The lowest BCUT2D eigenvalue weighted by Crippen LogP contribution is -2.14. The van der Waals surface area contributed by atoms with Gasteiger partial charge < -0.3 is 0 Å². The summed E-state index contributed by atoms with van der Waals surface area (Å²) in [5, 5.41) is 4.90. The second-order valence-electron chi connectivity index (χ2n) is 7.17. The Morgan fingerprint density at radius 1 is 1.08 bits per heavy atom. The molecule has 0 atom stereocenters. The van der Waals surface area contributed by atoms with Crippen LogP contribution in [0.5, 0.6) is 0 Å². The Hall–Kier alpha value is -2.04. The number of hydrogen-bond donors (Lipinski definition) is 1. The van der Waals surface area contributed by atoms with Gasteiger partial charge in [-0.05, 0) is 46.9 Å². The van der Waals surface area contributed by atoms with Crippen LogP contribution >= 0.6 is 23.4 Å². The van der Waals surface area contributed by atoms with E-state index >= 15 is 0 Å². The SMILES string of the molecule is CC(C)(C)c1ccc(/C=C2/C(=O)NN=C2CSc2ccc(Cl)cc2)cc1. The molecule has 0 spiro atoms. The highest BCUT2D eigenvalue weighted by molar-refractivity contribution is 8.00. The fourth-order valence-electron chi connectivity index (χ4n) is 2.56. The molecule has 1 amide bonds. The lowest BCUT2D eigenvalue weighted by atomic mass is 9.86. The van der Waals surface area contributed by atoms with Crippen LogP contribution in [-0.2, 0) is 10.2 Å². The van der Waals surface area contributed by atoms with Crippen LogP contribution in [0.2, 0.25) is 5.02 Å². The molecule has 0 saturated carbocycles. The van der Waals surface area contributed by atoms with E-state index in [1.54, 1.807) is 11.8 Å². The first-order chi connectivity index (χ1) is 12.3. The molecule has 0 aromatic heterocycles. The number of rotatable bonds is 4. The Morgan fingerprint density at radius 2 is 1.73 bits per heavy atom. The van der Waals surface area contributed by atoms with E-state index in [-0.39, 0.29) is 11.3 Å². The first kappa shape index (κ1) is 18.7. The summed E-state index contributed by atoms with van der Waals surface area (Å²) in [4.78, 5) is 13.2. The number of nitrogens with one attached hydrogen (secondary N) is 1. The number of hydrazone groups is 1. The molecule has 1 aliphatic rings. The van der Waals surface area contributed by atoms with E-state index in [9.17, 15) is 4.79 Å². The van der Waals surface area contributed by atoms with Gasteiger partial charge in [0, 0.05) is 15.7 Å². The maximum Gasteiger partial charge on any atom is 0.273 e. The predicted octanol–water partition coefficient (Wildman–Crippen LogP) is 5.30. The van der Waals surface area contributed by atoms with E-state index in [0.29, 0.717) is 16.3 Å². The standard InChI is InChI=1S/C21H21ClN2OS/c1-21(2,3)15-6-4-14(5-7-15)12-18-19(23-24-20(18)25)13-26-17-10-8-16(22)9-11-17/h4-12H,13H2,1-3H3,(H,24,25)/b18-12+. The van der Waals surface area contributed by atoms with Crippen LogP contribution < -0.4 is 5.43 Å². The minimum Gasteiger partial charge on any atom is -0.267 e. The summed E-state index contributed by atoms with van der Waals surface area (Å²) < 4.78 is 0. The molecule has 0 radical (unpaired) electrons. The maximum absolute atomic E-state index is 12.2. The third kappa shape index (κ3) is 4.57. The third-order valence-corrected chi connectivity index (χ3v) is 5.40. The minimum atomic E-state index is -0.156. The molecule has 0 bridgehead atoms. The van der Waals surface area contributed by atoms with Gasteiger partial charge in [0.25, 0.3) is 5.91 Å². The van der Waals surface area contributed by atoms with E-state index in [0.717, 1.165) is 16.2 Å². The van der Waals surface area contributed by atoms with Crippen molar-refractivity contribution in [3.05, 3.63) is 70.3 Å². The van der Waals surface area contributed by atoms with Crippen molar-refractivity contribution in [1.82, 2.24) is 5.43 Å². The predicted molar refractivity (Wildman–Crippen MR) is 111 cm³/mol. The number of benzene rings is 2.